The molecule has 18 heavy (non-hydrogen) atoms. The third-order valence-corrected chi connectivity index (χ3v) is 4.62. The van der Waals surface area contributed by atoms with Crippen molar-refractivity contribution in [2.45, 2.75) is 13.0 Å². The molecule has 2 aromatic rings. The van der Waals surface area contributed by atoms with Gasteiger partial charge in [-0.05, 0) is 35.0 Å². The molecule has 0 spiro atoms. The van der Waals surface area contributed by atoms with Gasteiger partial charge in [0.1, 0.15) is 5.01 Å². The Labute approximate surface area is 122 Å². The molecule has 0 bridgehead atoms. The van der Waals surface area contributed by atoms with E-state index in [1.54, 1.807) is 24.4 Å². The van der Waals surface area contributed by atoms with Crippen LogP contribution in [0.5, 0.6) is 0 Å². The SMILES string of the molecule is CC(NC(=O)c1cccc(Br)c1Cl)c1nccs1. The maximum absolute atomic E-state index is 12.1. The Morgan fingerprint density at radius 2 is 2.33 bits per heavy atom. The van der Waals surface area contributed by atoms with E-state index >= 15 is 0 Å². The van der Waals surface area contributed by atoms with Gasteiger partial charge in [0.25, 0.3) is 5.91 Å². The van der Waals surface area contributed by atoms with E-state index in [2.05, 4.69) is 26.2 Å². The summed E-state index contributed by atoms with van der Waals surface area (Å²) in [5.74, 6) is -0.205. The Balaban J connectivity index is 2.15. The van der Waals surface area contributed by atoms with Crippen LogP contribution in [0.1, 0.15) is 28.3 Å². The number of hydrogen-bond acceptors (Lipinski definition) is 3. The summed E-state index contributed by atoms with van der Waals surface area (Å²) in [6.07, 6.45) is 1.72. The zero-order chi connectivity index (χ0) is 13.1. The number of nitrogens with zero attached hydrogens (tertiary/aromatic N) is 1. The third-order valence-electron chi connectivity index (χ3n) is 2.37. The van der Waals surface area contributed by atoms with Crippen molar-refractivity contribution in [2.75, 3.05) is 0 Å². The van der Waals surface area contributed by atoms with Crippen molar-refractivity contribution < 1.29 is 4.79 Å². The summed E-state index contributed by atoms with van der Waals surface area (Å²) in [7, 11) is 0. The van der Waals surface area contributed by atoms with Crippen molar-refractivity contribution in [1.29, 1.82) is 0 Å². The maximum atomic E-state index is 12.1. The van der Waals surface area contributed by atoms with E-state index in [1.165, 1.54) is 11.3 Å². The molecule has 0 aliphatic heterocycles. The molecule has 0 radical (unpaired) electrons. The third kappa shape index (κ3) is 2.91. The highest BCUT2D eigenvalue weighted by Gasteiger charge is 2.16. The van der Waals surface area contributed by atoms with Gasteiger partial charge in [0, 0.05) is 16.0 Å². The van der Waals surface area contributed by atoms with Gasteiger partial charge in [0.15, 0.2) is 0 Å². The predicted molar refractivity (Wildman–Crippen MR) is 77.1 cm³/mol. The van der Waals surface area contributed by atoms with Crippen LogP contribution in [-0.2, 0) is 0 Å². The van der Waals surface area contributed by atoms with E-state index in [-0.39, 0.29) is 11.9 Å². The van der Waals surface area contributed by atoms with Gasteiger partial charge in [-0.3, -0.25) is 4.79 Å². The highest BCUT2D eigenvalue weighted by atomic mass is 79.9. The molecule has 1 unspecified atom stereocenters. The number of amides is 1. The Morgan fingerprint density at radius 1 is 1.56 bits per heavy atom. The molecule has 1 aromatic heterocycles. The van der Waals surface area contributed by atoms with Crippen LogP contribution in [0, 0.1) is 0 Å². The van der Waals surface area contributed by atoms with Crippen LogP contribution in [0.25, 0.3) is 0 Å². The van der Waals surface area contributed by atoms with Crippen LogP contribution in [0.15, 0.2) is 34.2 Å². The molecule has 1 heterocycles. The van der Waals surface area contributed by atoms with Crippen molar-refractivity contribution in [3.8, 4) is 0 Å². The zero-order valence-electron chi connectivity index (χ0n) is 9.48. The second-order valence-electron chi connectivity index (χ2n) is 3.67. The van der Waals surface area contributed by atoms with Crippen LogP contribution in [0.4, 0.5) is 0 Å². The lowest BCUT2D eigenvalue weighted by atomic mass is 10.2. The molecular weight excluding hydrogens is 336 g/mol. The summed E-state index contributed by atoms with van der Waals surface area (Å²) < 4.78 is 0.707. The summed E-state index contributed by atoms with van der Waals surface area (Å²) in [5.41, 5.74) is 0.453. The molecule has 6 heteroatoms. The first-order valence-electron chi connectivity index (χ1n) is 5.24. The zero-order valence-corrected chi connectivity index (χ0v) is 12.6. The Hall–Kier alpha value is -0.910. The van der Waals surface area contributed by atoms with E-state index < -0.39 is 0 Å². The van der Waals surface area contributed by atoms with Crippen LogP contribution in [0.3, 0.4) is 0 Å². The number of nitrogens with one attached hydrogen (secondary N) is 1. The minimum atomic E-state index is -0.205. The fraction of sp³-hybridized carbons (Fsp3) is 0.167. The van der Waals surface area contributed by atoms with Gasteiger partial charge < -0.3 is 5.32 Å². The van der Waals surface area contributed by atoms with Crippen molar-refractivity contribution in [3.63, 3.8) is 0 Å². The minimum Gasteiger partial charge on any atom is -0.343 e. The largest absolute Gasteiger partial charge is 0.343 e. The van der Waals surface area contributed by atoms with Gasteiger partial charge in [-0.1, -0.05) is 17.7 Å². The second-order valence-corrected chi connectivity index (χ2v) is 5.83. The standard InChI is InChI=1S/C12H10BrClN2OS/c1-7(12-15-5-6-18-12)16-11(17)8-3-2-4-9(13)10(8)14/h2-7H,1H3,(H,16,17). The number of halogens is 2. The molecule has 1 aromatic carbocycles. The van der Waals surface area contributed by atoms with Gasteiger partial charge in [0.2, 0.25) is 0 Å². The second kappa shape index (κ2) is 5.82. The molecule has 2 rings (SSSR count). The Morgan fingerprint density at radius 3 is 3.00 bits per heavy atom. The first kappa shape index (κ1) is 13.5. The van der Waals surface area contributed by atoms with Gasteiger partial charge in [-0.25, -0.2) is 4.98 Å². The quantitative estimate of drug-likeness (QED) is 0.912. The first-order valence-corrected chi connectivity index (χ1v) is 7.29. The normalized spacial score (nSPS) is 12.2. The van der Waals surface area contributed by atoms with Crippen LogP contribution in [0.2, 0.25) is 5.02 Å². The number of carbonyl (C=O) groups is 1. The van der Waals surface area contributed by atoms with Crippen molar-refractivity contribution >= 4 is 44.8 Å². The smallest absolute Gasteiger partial charge is 0.253 e. The molecule has 1 amide bonds. The summed E-state index contributed by atoms with van der Waals surface area (Å²) >= 11 is 10.9. The van der Waals surface area contributed by atoms with Crippen LogP contribution < -0.4 is 5.32 Å². The average Bonchev–Trinajstić information content (AvgIpc) is 2.86. The number of carbonyl (C=O) groups excluding carboxylic acids is 1. The van der Waals surface area contributed by atoms with Crippen molar-refractivity contribution in [2.24, 2.45) is 0 Å². The average molecular weight is 346 g/mol. The van der Waals surface area contributed by atoms with E-state index in [0.29, 0.717) is 15.1 Å². The maximum Gasteiger partial charge on any atom is 0.253 e. The summed E-state index contributed by atoms with van der Waals surface area (Å²) in [4.78, 5) is 16.2. The summed E-state index contributed by atoms with van der Waals surface area (Å²) in [6.45, 7) is 1.89. The number of rotatable bonds is 3. The van der Waals surface area contributed by atoms with E-state index in [1.807, 2.05) is 12.3 Å². The lowest BCUT2D eigenvalue weighted by molar-refractivity contribution is 0.0940. The monoisotopic (exact) mass is 344 g/mol. The predicted octanol–water partition coefficient (Wildman–Crippen LogP) is 4.05. The van der Waals surface area contributed by atoms with E-state index in [0.717, 1.165) is 5.01 Å². The van der Waals surface area contributed by atoms with Gasteiger partial charge in [0.05, 0.1) is 16.6 Å². The lowest BCUT2D eigenvalue weighted by Crippen LogP contribution is -2.26. The van der Waals surface area contributed by atoms with Gasteiger partial charge in [-0.15, -0.1) is 11.3 Å². The topological polar surface area (TPSA) is 42.0 Å². The molecular formula is C12H10BrClN2OS. The van der Waals surface area contributed by atoms with Crippen molar-refractivity contribution in [1.82, 2.24) is 10.3 Å². The van der Waals surface area contributed by atoms with Crippen LogP contribution >= 0.6 is 38.9 Å². The van der Waals surface area contributed by atoms with E-state index in [9.17, 15) is 4.79 Å². The minimum absolute atomic E-state index is 0.132. The number of benzene rings is 1. The Kier molecular flexibility index (Phi) is 4.37. The molecule has 1 N–H and O–H groups in total. The highest BCUT2D eigenvalue weighted by molar-refractivity contribution is 9.10. The fourth-order valence-corrected chi connectivity index (χ4v) is 2.69. The van der Waals surface area contributed by atoms with Gasteiger partial charge >= 0.3 is 0 Å². The molecule has 1 atom stereocenters. The van der Waals surface area contributed by atoms with Gasteiger partial charge in [-0.2, -0.15) is 0 Å². The Bertz CT molecular complexity index is 559. The first-order chi connectivity index (χ1) is 8.59. The molecule has 0 aliphatic carbocycles. The highest BCUT2D eigenvalue weighted by Crippen LogP contribution is 2.26. The number of aromatic nitrogens is 1. The molecule has 0 fully saturated rings. The molecule has 3 nitrogen and oxygen atoms in total. The summed E-state index contributed by atoms with van der Waals surface area (Å²) in [6, 6.07) is 5.13. The fourth-order valence-electron chi connectivity index (χ4n) is 1.46. The molecule has 94 valence electrons. The lowest BCUT2D eigenvalue weighted by Gasteiger charge is -2.12. The molecule has 0 saturated carbocycles. The van der Waals surface area contributed by atoms with E-state index in [4.69, 9.17) is 11.6 Å². The molecule has 0 saturated heterocycles. The summed E-state index contributed by atoms with van der Waals surface area (Å²) in [5, 5.41) is 6.04. The van der Waals surface area contributed by atoms with Crippen LogP contribution in [-0.4, -0.2) is 10.9 Å². The van der Waals surface area contributed by atoms with Crippen molar-refractivity contribution in [3.05, 3.63) is 49.8 Å². The number of hydrogen-bond donors (Lipinski definition) is 1. The number of thiazole rings is 1. The molecule has 0 aliphatic rings.